The van der Waals surface area contributed by atoms with Crippen LogP contribution in [0.5, 0.6) is 0 Å². The quantitative estimate of drug-likeness (QED) is 0.184. The zero-order chi connectivity index (χ0) is 34.7. The number of aliphatic hydroxyl groups is 1. The fraction of sp³-hybridized carbons (Fsp3) is 0.471. The standard InChI is InChI=1S/C34H43F3N4O6S/c1-24(42)26-11-9-25(10-12-26)22-31(33(44)39-28-13-15-29(16-14-28)41-18-20-47-21-19-41)40-32(43)8-3-2-4-17-38-48(45,46)30-7-5-6-27(23-30)34(35,36)37/h5-7,9,11-16,23-25,31,42H,2-4,8,10,17-22H2,1H3,(H,39,44)(H,40,43)(H,38,45,46). The van der Waals surface area contributed by atoms with Crippen LogP contribution in [-0.2, 0) is 30.5 Å². The monoisotopic (exact) mass is 692 g/mol. The second-order valence-corrected chi connectivity index (χ2v) is 13.6. The molecule has 4 unspecified atom stereocenters. The van der Waals surface area contributed by atoms with E-state index < -0.39 is 38.8 Å². The number of carbonyl (C=O) groups excluding carboxylic acids is 2. The Kier molecular flexibility index (Phi) is 13.2. The number of amides is 2. The summed E-state index contributed by atoms with van der Waals surface area (Å²) in [7, 11) is -4.01. The van der Waals surface area contributed by atoms with Crippen LogP contribution in [0.1, 0.15) is 51.0 Å². The van der Waals surface area contributed by atoms with E-state index in [1.54, 1.807) is 6.92 Å². The summed E-state index contributed by atoms with van der Waals surface area (Å²) >= 11 is 0. The van der Waals surface area contributed by atoms with Gasteiger partial charge in [-0.2, -0.15) is 13.2 Å². The summed E-state index contributed by atoms with van der Waals surface area (Å²) in [5.41, 5.74) is 1.40. The van der Waals surface area contributed by atoms with Crippen LogP contribution < -0.4 is 15.5 Å². The van der Waals surface area contributed by atoms with Crippen molar-refractivity contribution in [1.82, 2.24) is 5.32 Å². The molecule has 0 saturated carbocycles. The van der Waals surface area contributed by atoms with Crippen LogP contribution in [0.2, 0.25) is 0 Å². The summed E-state index contributed by atoms with van der Waals surface area (Å²) in [5, 5.41) is 15.6. The second kappa shape index (κ2) is 17.1. The average molecular weight is 693 g/mol. The summed E-state index contributed by atoms with van der Waals surface area (Å²) < 4.78 is 70.8. The van der Waals surface area contributed by atoms with Crippen LogP contribution in [0.4, 0.5) is 24.5 Å². The van der Waals surface area contributed by atoms with Crippen LogP contribution in [-0.4, -0.2) is 70.7 Å². The van der Waals surface area contributed by atoms with E-state index in [1.807, 2.05) is 42.5 Å². The number of nitrogens with one attached hydrogen (secondary N) is 2. The normalized spacial score (nSPS) is 19.1. The maximum absolute atomic E-state index is 13.4. The fourth-order valence-electron chi connectivity index (χ4n) is 5.45. The zero-order valence-electron chi connectivity index (χ0n) is 26.8. The predicted molar refractivity (Wildman–Crippen MR) is 178 cm³/mol. The lowest BCUT2D eigenvalue weighted by atomic mass is 9.89. The average Bonchev–Trinajstić information content (AvgIpc) is 3.06. The van der Waals surface area contributed by atoms with Gasteiger partial charge in [0.1, 0.15) is 6.04 Å². The molecule has 4 rings (SSSR count). The highest BCUT2D eigenvalue weighted by Gasteiger charge is 2.31. The van der Waals surface area contributed by atoms with Crippen LogP contribution >= 0.6 is 0 Å². The number of unbranched alkanes of at least 4 members (excludes halogenated alkanes) is 2. The van der Waals surface area contributed by atoms with Crippen molar-refractivity contribution in [2.24, 2.45) is 10.3 Å². The number of ether oxygens (including phenoxy) is 1. The van der Waals surface area contributed by atoms with Gasteiger partial charge in [-0.3, -0.25) is 14.1 Å². The number of nitrogens with zero attached hydrogens (tertiary/aromatic N) is 2. The fourth-order valence-corrected chi connectivity index (χ4v) is 6.51. The van der Waals surface area contributed by atoms with Gasteiger partial charge in [0.15, 0.2) is 10.0 Å². The minimum absolute atomic E-state index is 0.0287. The Morgan fingerprint density at radius 2 is 1.83 bits per heavy atom. The highest BCUT2D eigenvalue weighted by Crippen LogP contribution is 2.31. The van der Waals surface area contributed by atoms with Gasteiger partial charge in [-0.25, -0.2) is 8.57 Å². The van der Waals surface area contributed by atoms with Crippen molar-refractivity contribution in [3.8, 4) is 0 Å². The number of allylic oxidation sites excluding steroid dienone is 2. The molecule has 10 nitrogen and oxygen atoms in total. The molecule has 262 valence electrons. The van der Waals surface area contributed by atoms with E-state index in [4.69, 9.17) is 4.74 Å². The zero-order valence-corrected chi connectivity index (χ0v) is 27.6. The number of benzene rings is 2. The summed E-state index contributed by atoms with van der Waals surface area (Å²) in [5.74, 6) is -0.712. The van der Waals surface area contributed by atoms with Crippen molar-refractivity contribution in [2.75, 3.05) is 43.1 Å². The Morgan fingerprint density at radius 1 is 1.10 bits per heavy atom. The van der Waals surface area contributed by atoms with Gasteiger partial charge in [-0.05, 0) is 86.6 Å². The number of aliphatic hydroxyl groups excluding tert-OH is 1. The van der Waals surface area contributed by atoms with Crippen molar-refractivity contribution in [3.63, 3.8) is 0 Å². The summed E-state index contributed by atoms with van der Waals surface area (Å²) in [6.45, 7) is 4.51. The summed E-state index contributed by atoms with van der Waals surface area (Å²) in [6.07, 6.45) is 2.76. The Morgan fingerprint density at radius 3 is 2.48 bits per heavy atom. The molecule has 1 fully saturated rings. The van der Waals surface area contributed by atoms with Crippen molar-refractivity contribution in [2.45, 2.75) is 68.7 Å². The molecule has 48 heavy (non-hydrogen) atoms. The molecule has 0 radical (unpaired) electrons. The first-order chi connectivity index (χ1) is 22.8. The van der Waals surface area contributed by atoms with Crippen LogP contribution in [0, 0.1) is 5.92 Å². The molecule has 4 atom stereocenters. The molecule has 0 bridgehead atoms. The van der Waals surface area contributed by atoms with Crippen molar-refractivity contribution < 1.29 is 41.4 Å². The van der Waals surface area contributed by atoms with Gasteiger partial charge in [0.05, 0.1) is 36.3 Å². The molecule has 4 N–H and O–H groups in total. The Bertz CT molecular complexity index is 1580. The van der Waals surface area contributed by atoms with Gasteiger partial charge in [0.25, 0.3) is 0 Å². The molecule has 0 aromatic heterocycles. The van der Waals surface area contributed by atoms with E-state index in [0.29, 0.717) is 57.1 Å². The minimum Gasteiger partial charge on any atom is -0.389 e. The highest BCUT2D eigenvalue weighted by molar-refractivity contribution is 7.88. The van der Waals surface area contributed by atoms with Crippen LogP contribution in [0.3, 0.4) is 0 Å². The van der Waals surface area contributed by atoms with E-state index in [9.17, 15) is 36.6 Å². The molecular formula is C34H43F3N4O6S. The van der Waals surface area contributed by atoms with Gasteiger partial charge >= 0.3 is 6.18 Å². The largest absolute Gasteiger partial charge is 0.416 e. The predicted octanol–water partition coefficient (Wildman–Crippen LogP) is 5.80. The molecule has 1 heterocycles. The number of rotatable bonds is 14. The van der Waals surface area contributed by atoms with Crippen molar-refractivity contribution >= 4 is 33.2 Å². The lowest BCUT2D eigenvalue weighted by molar-refractivity contribution is -0.137. The molecular weight excluding hydrogens is 649 g/mol. The number of alkyl halides is 3. The van der Waals surface area contributed by atoms with E-state index in [0.717, 1.165) is 42.5 Å². The molecule has 2 amide bonds. The van der Waals surface area contributed by atoms with E-state index in [-0.39, 0.29) is 30.7 Å². The Hall–Kier alpha value is -3.72. The Labute approximate surface area is 279 Å². The minimum atomic E-state index is -4.65. The number of hydrogen-bond acceptors (Lipinski definition) is 7. The molecule has 2 aromatic rings. The number of anilines is 2. The maximum Gasteiger partial charge on any atom is 0.416 e. The molecule has 14 heteroatoms. The number of halogens is 3. The smallest absolute Gasteiger partial charge is 0.389 e. The third-order valence-corrected chi connectivity index (χ3v) is 9.60. The molecule has 2 aromatic carbocycles. The summed E-state index contributed by atoms with van der Waals surface area (Å²) in [4.78, 5) is 28.1. The number of hydrogen-bond donors (Lipinski definition) is 4. The first-order valence-electron chi connectivity index (χ1n) is 16.0. The third-order valence-electron chi connectivity index (χ3n) is 8.20. The van der Waals surface area contributed by atoms with E-state index in [2.05, 4.69) is 19.9 Å². The lowest BCUT2D eigenvalue weighted by Crippen LogP contribution is -2.44. The van der Waals surface area contributed by atoms with Crippen LogP contribution in [0.15, 0.2) is 81.6 Å². The van der Waals surface area contributed by atoms with E-state index >= 15 is 0 Å². The maximum atomic E-state index is 13.4. The number of morpholine rings is 1. The molecule has 1 aliphatic carbocycles. The second-order valence-electron chi connectivity index (χ2n) is 11.9. The van der Waals surface area contributed by atoms with Gasteiger partial charge in [-0.1, -0.05) is 30.7 Å². The molecule has 1 aliphatic heterocycles. The van der Waals surface area contributed by atoms with Gasteiger partial charge < -0.3 is 25.4 Å². The first kappa shape index (κ1) is 37.1. The number of carbonyl (C=O) groups is 2. The molecule has 1 saturated heterocycles. The topological polar surface area (TPSA) is 141 Å². The lowest BCUT2D eigenvalue weighted by Gasteiger charge is -2.29. The van der Waals surface area contributed by atoms with E-state index in [1.165, 1.54) is 0 Å². The van der Waals surface area contributed by atoms with Crippen molar-refractivity contribution in [1.29, 1.82) is 0 Å². The first-order valence-corrected chi connectivity index (χ1v) is 17.5. The van der Waals surface area contributed by atoms with Gasteiger partial charge in [-0.15, -0.1) is 0 Å². The SMILES string of the molecule is CC(O)C1=CCC(CC(NC(=O)CCCCCN=S(=O)(O)c2cccc(C(F)(F)F)c2)C(=O)Nc2ccc(N3CCOCC3)cc2)C=C1. The van der Waals surface area contributed by atoms with Crippen LogP contribution in [0.25, 0.3) is 0 Å². The molecule has 2 aliphatic rings. The van der Waals surface area contributed by atoms with Gasteiger partial charge in [0.2, 0.25) is 11.8 Å². The van der Waals surface area contributed by atoms with Crippen molar-refractivity contribution in [3.05, 3.63) is 77.9 Å². The molecule has 0 spiro atoms. The highest BCUT2D eigenvalue weighted by atomic mass is 32.2. The third kappa shape index (κ3) is 11.2. The summed E-state index contributed by atoms with van der Waals surface area (Å²) in [6, 6.07) is 10.3. The Balaban J connectivity index is 1.30. The van der Waals surface area contributed by atoms with Gasteiger partial charge in [0, 0.05) is 30.9 Å².